The van der Waals surface area contributed by atoms with Gasteiger partial charge in [0.2, 0.25) is 0 Å². The molecule has 0 atom stereocenters. The summed E-state index contributed by atoms with van der Waals surface area (Å²) < 4.78 is 0. The fourth-order valence-electron chi connectivity index (χ4n) is 2.94. The topological polar surface area (TPSA) is 24.7 Å². The van der Waals surface area contributed by atoms with Crippen LogP contribution in [-0.2, 0) is 0 Å². The van der Waals surface area contributed by atoms with E-state index in [-0.39, 0.29) is 0 Å². The van der Waals surface area contributed by atoms with Crippen LogP contribution >= 0.6 is 0 Å². The molecular weight excluding hydrogens is 268 g/mol. The van der Waals surface area contributed by atoms with E-state index in [9.17, 15) is 0 Å². The first-order chi connectivity index (χ1) is 10.6. The summed E-state index contributed by atoms with van der Waals surface area (Å²) in [5.41, 5.74) is 3.14. The minimum Gasteiger partial charge on any atom is -0.243 e. The lowest BCUT2D eigenvalue weighted by Crippen LogP contribution is -2.16. The molecule has 0 heterocycles. The van der Waals surface area contributed by atoms with Gasteiger partial charge in [-0.15, -0.1) is 0 Å². The lowest BCUT2D eigenvalue weighted by molar-refractivity contribution is 0.450. The van der Waals surface area contributed by atoms with Crippen LogP contribution in [0.2, 0.25) is 0 Å². The predicted octanol–water partition coefficient (Wildman–Crippen LogP) is 6.26. The third-order valence-corrected chi connectivity index (χ3v) is 4.14. The van der Waals surface area contributed by atoms with Crippen molar-refractivity contribution in [3.05, 3.63) is 36.1 Å². The van der Waals surface area contributed by atoms with Gasteiger partial charge in [-0.2, -0.15) is 0 Å². The molecule has 2 heteroatoms. The van der Waals surface area contributed by atoms with Crippen molar-refractivity contribution < 1.29 is 0 Å². The van der Waals surface area contributed by atoms with Crippen LogP contribution < -0.4 is 0 Å². The van der Waals surface area contributed by atoms with Gasteiger partial charge < -0.3 is 0 Å². The Morgan fingerprint density at radius 1 is 0.909 bits per heavy atom. The zero-order valence-corrected chi connectivity index (χ0v) is 14.9. The van der Waals surface area contributed by atoms with Crippen molar-refractivity contribution in [2.45, 2.75) is 72.6 Å². The van der Waals surface area contributed by atoms with Gasteiger partial charge in [-0.3, -0.25) is 0 Å². The maximum atomic E-state index is 4.92. The van der Waals surface area contributed by atoms with Crippen molar-refractivity contribution in [1.29, 1.82) is 0 Å². The molecule has 0 aromatic carbocycles. The van der Waals surface area contributed by atoms with Crippen LogP contribution in [0.3, 0.4) is 0 Å². The summed E-state index contributed by atoms with van der Waals surface area (Å²) in [7, 11) is 0. The quantitative estimate of drug-likeness (QED) is 0.332. The summed E-state index contributed by atoms with van der Waals surface area (Å²) in [6.07, 6.45) is 15.1. The number of rotatable bonds is 4. The minimum atomic E-state index is 0.494. The predicted molar refractivity (Wildman–Crippen MR) is 99.7 cm³/mol. The first-order valence-electron chi connectivity index (χ1n) is 8.68. The van der Waals surface area contributed by atoms with Crippen molar-refractivity contribution in [3.8, 4) is 0 Å². The summed E-state index contributed by atoms with van der Waals surface area (Å²) in [4.78, 5) is 9.70. The number of hydrogen-bond acceptors (Lipinski definition) is 1. The highest BCUT2D eigenvalue weighted by Gasteiger charge is 2.18. The first-order valence-corrected chi connectivity index (χ1v) is 8.68. The Hall–Kier alpha value is -1.44. The van der Waals surface area contributed by atoms with E-state index in [1.165, 1.54) is 44.9 Å². The van der Waals surface area contributed by atoms with Crippen molar-refractivity contribution in [2.75, 3.05) is 0 Å². The third-order valence-electron chi connectivity index (χ3n) is 4.14. The summed E-state index contributed by atoms with van der Waals surface area (Å²) in [5, 5.41) is 0. The number of amidine groups is 1. The van der Waals surface area contributed by atoms with Gasteiger partial charge >= 0.3 is 0 Å². The van der Waals surface area contributed by atoms with Gasteiger partial charge in [0.1, 0.15) is 5.84 Å². The monoisotopic (exact) mass is 300 g/mol. The molecule has 1 aliphatic rings. The van der Waals surface area contributed by atoms with Crippen LogP contribution in [-0.4, -0.2) is 11.5 Å². The van der Waals surface area contributed by atoms with E-state index in [1.54, 1.807) is 0 Å². The lowest BCUT2D eigenvalue weighted by Gasteiger charge is -2.20. The molecule has 1 aliphatic carbocycles. The molecule has 1 rings (SSSR count). The Labute approximate surface area is 136 Å². The number of hydrogen-bond donors (Lipinski definition) is 0. The maximum Gasteiger partial charge on any atom is 0.131 e. The molecule has 0 aliphatic heterocycles. The zero-order valence-electron chi connectivity index (χ0n) is 14.9. The second kappa shape index (κ2) is 10.3. The molecule has 122 valence electrons. The molecule has 1 fully saturated rings. The smallest absolute Gasteiger partial charge is 0.131 e. The van der Waals surface area contributed by atoms with Gasteiger partial charge in [-0.05, 0) is 46.1 Å². The van der Waals surface area contributed by atoms with E-state index in [0.29, 0.717) is 5.92 Å². The fraction of sp³-hybridized carbons (Fsp3) is 0.600. The van der Waals surface area contributed by atoms with E-state index >= 15 is 0 Å². The van der Waals surface area contributed by atoms with Crippen LogP contribution in [0, 0.1) is 5.92 Å². The molecule has 0 unspecified atom stereocenters. The maximum absolute atomic E-state index is 4.92. The van der Waals surface area contributed by atoms with E-state index in [0.717, 1.165) is 22.8 Å². The van der Waals surface area contributed by atoms with Gasteiger partial charge in [-0.25, -0.2) is 9.98 Å². The Balaban J connectivity index is 3.12. The zero-order chi connectivity index (χ0) is 16.4. The summed E-state index contributed by atoms with van der Waals surface area (Å²) in [6, 6.07) is 0. The molecule has 2 nitrogen and oxygen atoms in total. The minimum absolute atomic E-state index is 0.494. The Morgan fingerprint density at radius 3 is 1.95 bits per heavy atom. The number of nitrogens with zero attached hydrogens (tertiary/aromatic N) is 2. The fourth-order valence-corrected chi connectivity index (χ4v) is 2.94. The molecule has 0 radical (unpaired) electrons. The van der Waals surface area contributed by atoms with Gasteiger partial charge in [-0.1, -0.05) is 56.9 Å². The summed E-state index contributed by atoms with van der Waals surface area (Å²) >= 11 is 0. The van der Waals surface area contributed by atoms with Gasteiger partial charge in [0, 0.05) is 11.6 Å². The molecule has 0 aromatic heterocycles. The van der Waals surface area contributed by atoms with Crippen molar-refractivity contribution in [3.63, 3.8) is 0 Å². The van der Waals surface area contributed by atoms with E-state index in [4.69, 9.17) is 9.98 Å². The molecule has 1 saturated carbocycles. The SMILES string of the molecule is C=CC(=C\C)/C(=C\C)N=C(N=C(C)C)C1CCCCCCC1. The van der Waals surface area contributed by atoms with Crippen LogP contribution in [0.15, 0.2) is 46.1 Å². The Kier molecular flexibility index (Phi) is 8.72. The van der Waals surface area contributed by atoms with Gasteiger partial charge in [0.15, 0.2) is 0 Å². The normalized spacial score (nSPS) is 19.4. The lowest BCUT2D eigenvalue weighted by atomic mass is 9.90. The Morgan fingerprint density at radius 2 is 1.50 bits per heavy atom. The standard InChI is InChI=1S/C20H32N2/c1-6-17(7-2)19(8-3)22-20(21-16(4)5)18-14-12-10-9-11-13-15-18/h6-8,18H,1,9-15H2,2-5H3/b17-7+,19-8+,22-20?. The third kappa shape index (κ3) is 6.13. The molecule has 0 saturated heterocycles. The summed E-state index contributed by atoms with van der Waals surface area (Å²) in [6.45, 7) is 12.1. The molecular formula is C20H32N2. The van der Waals surface area contributed by atoms with E-state index in [1.807, 2.05) is 19.9 Å². The highest BCUT2D eigenvalue weighted by Crippen LogP contribution is 2.26. The number of allylic oxidation sites excluding steroid dienone is 3. The van der Waals surface area contributed by atoms with Crippen molar-refractivity contribution >= 4 is 11.5 Å². The van der Waals surface area contributed by atoms with E-state index in [2.05, 4.69) is 32.6 Å². The molecule has 0 spiro atoms. The molecule has 0 bridgehead atoms. The number of aliphatic imine (C=N–C) groups is 2. The van der Waals surface area contributed by atoms with Crippen LogP contribution in [0.25, 0.3) is 0 Å². The van der Waals surface area contributed by atoms with E-state index < -0.39 is 0 Å². The molecule has 0 amide bonds. The largest absolute Gasteiger partial charge is 0.243 e. The van der Waals surface area contributed by atoms with Crippen LogP contribution in [0.4, 0.5) is 0 Å². The van der Waals surface area contributed by atoms with Gasteiger partial charge in [0.05, 0.1) is 5.70 Å². The average molecular weight is 300 g/mol. The van der Waals surface area contributed by atoms with Crippen molar-refractivity contribution in [2.24, 2.45) is 15.9 Å². The highest BCUT2D eigenvalue weighted by atomic mass is 14.9. The summed E-state index contributed by atoms with van der Waals surface area (Å²) in [5.74, 6) is 1.50. The van der Waals surface area contributed by atoms with Crippen molar-refractivity contribution in [1.82, 2.24) is 0 Å². The second-order valence-corrected chi connectivity index (χ2v) is 6.19. The molecule has 22 heavy (non-hydrogen) atoms. The second-order valence-electron chi connectivity index (χ2n) is 6.19. The first kappa shape index (κ1) is 18.6. The van der Waals surface area contributed by atoms with Crippen LogP contribution in [0.5, 0.6) is 0 Å². The highest BCUT2D eigenvalue weighted by molar-refractivity contribution is 5.97. The molecule has 0 N–H and O–H groups in total. The average Bonchev–Trinajstić information content (AvgIpc) is 2.45. The Bertz CT molecular complexity index is 466. The van der Waals surface area contributed by atoms with Gasteiger partial charge in [0.25, 0.3) is 0 Å². The molecule has 0 aromatic rings. The van der Waals surface area contributed by atoms with Crippen LogP contribution in [0.1, 0.15) is 72.6 Å².